The number of hydrogen-bond donors (Lipinski definition) is 3. The maximum atomic E-state index is 12.9. The van der Waals surface area contributed by atoms with E-state index >= 15 is 0 Å². The van der Waals surface area contributed by atoms with E-state index in [9.17, 15) is 14.7 Å². The Morgan fingerprint density at radius 3 is 2.49 bits per heavy atom. The van der Waals surface area contributed by atoms with Gasteiger partial charge in [-0.2, -0.15) is 0 Å². The van der Waals surface area contributed by atoms with Crippen LogP contribution in [0.2, 0.25) is 0 Å². The number of carbonyl (C=O) groups excluding carboxylic acids is 2. The predicted octanol–water partition coefficient (Wildman–Crippen LogP) is 2.70. The molecule has 35 heavy (non-hydrogen) atoms. The zero-order chi connectivity index (χ0) is 24.9. The highest BCUT2D eigenvalue weighted by Gasteiger charge is 2.35. The van der Waals surface area contributed by atoms with Crippen molar-refractivity contribution in [2.24, 2.45) is 0 Å². The zero-order valence-electron chi connectivity index (χ0n) is 20.3. The van der Waals surface area contributed by atoms with Gasteiger partial charge >= 0.3 is 12.0 Å². The first-order chi connectivity index (χ1) is 16.9. The molecular weight excluding hydrogens is 448 g/mol. The number of rotatable bonds is 7. The van der Waals surface area contributed by atoms with Crippen molar-refractivity contribution in [1.82, 2.24) is 15.5 Å². The first-order valence-corrected chi connectivity index (χ1v) is 11.8. The fourth-order valence-corrected chi connectivity index (χ4v) is 4.47. The Bertz CT molecular complexity index is 1110. The smallest absolute Gasteiger partial charge is 0.338 e. The lowest BCUT2D eigenvalue weighted by atomic mass is 9.94. The number of esters is 1. The van der Waals surface area contributed by atoms with Crippen LogP contribution in [0.3, 0.4) is 0 Å². The molecule has 0 radical (unpaired) electrons. The standard InChI is InChI=1S/C26H32N4O5/c1-4-35-22-15-18(7-10-21(22)31)24-23(25(32)34-3)20(27-26(33)28-24)16-29-11-13-30(14-12-29)19-8-5-17(2)6-9-19/h5-10,15,24,31H,4,11-14,16H2,1-3H3,(H2,27,28,33). The lowest BCUT2D eigenvalue weighted by Gasteiger charge is -2.38. The van der Waals surface area contributed by atoms with Gasteiger partial charge in [0, 0.05) is 44.1 Å². The van der Waals surface area contributed by atoms with E-state index in [1.165, 1.54) is 24.4 Å². The van der Waals surface area contributed by atoms with Crippen LogP contribution in [0.25, 0.3) is 0 Å². The van der Waals surface area contributed by atoms with E-state index in [1.54, 1.807) is 12.1 Å². The van der Waals surface area contributed by atoms with E-state index in [2.05, 4.69) is 51.6 Å². The number of benzene rings is 2. The Morgan fingerprint density at radius 2 is 1.83 bits per heavy atom. The van der Waals surface area contributed by atoms with Crippen molar-refractivity contribution in [3.8, 4) is 11.5 Å². The molecule has 0 bridgehead atoms. The minimum absolute atomic E-state index is 0.00821. The number of urea groups is 1. The van der Waals surface area contributed by atoms with Crippen LogP contribution in [-0.2, 0) is 9.53 Å². The third-order valence-electron chi connectivity index (χ3n) is 6.33. The third-order valence-corrected chi connectivity index (χ3v) is 6.33. The molecule has 1 fully saturated rings. The number of hydrogen-bond acceptors (Lipinski definition) is 7. The van der Waals surface area contributed by atoms with Gasteiger partial charge in [0.2, 0.25) is 0 Å². The lowest BCUT2D eigenvalue weighted by molar-refractivity contribution is -0.136. The third kappa shape index (κ3) is 5.51. The number of piperazine rings is 1. The molecule has 0 spiro atoms. The SMILES string of the molecule is CCOc1cc(C2NC(=O)NC(CN3CCN(c4ccc(C)cc4)CC3)=C2C(=O)OC)ccc1O. The summed E-state index contributed by atoms with van der Waals surface area (Å²) in [6.45, 7) is 7.92. The number of anilines is 1. The quantitative estimate of drug-likeness (QED) is 0.524. The van der Waals surface area contributed by atoms with Crippen molar-refractivity contribution in [2.45, 2.75) is 19.9 Å². The zero-order valence-corrected chi connectivity index (χ0v) is 20.3. The number of nitrogens with zero attached hydrogens (tertiary/aromatic N) is 2. The summed E-state index contributed by atoms with van der Waals surface area (Å²) in [6.07, 6.45) is 0. The van der Waals surface area contributed by atoms with Crippen LogP contribution in [0.1, 0.15) is 24.1 Å². The largest absolute Gasteiger partial charge is 0.504 e. The number of aromatic hydroxyl groups is 1. The van der Waals surface area contributed by atoms with Gasteiger partial charge in [-0.3, -0.25) is 4.90 Å². The van der Waals surface area contributed by atoms with Gasteiger partial charge in [0.25, 0.3) is 0 Å². The molecule has 1 saturated heterocycles. The second kappa shape index (κ2) is 10.7. The molecule has 186 valence electrons. The molecule has 1 unspecified atom stereocenters. The van der Waals surface area contributed by atoms with E-state index in [1.807, 2.05) is 6.92 Å². The minimum atomic E-state index is -0.736. The number of phenols is 1. The molecule has 2 amide bonds. The summed E-state index contributed by atoms with van der Waals surface area (Å²) in [5.41, 5.74) is 3.88. The number of methoxy groups -OCH3 is 1. The van der Waals surface area contributed by atoms with Crippen molar-refractivity contribution in [1.29, 1.82) is 0 Å². The van der Waals surface area contributed by atoms with E-state index in [4.69, 9.17) is 9.47 Å². The lowest BCUT2D eigenvalue weighted by Crippen LogP contribution is -2.51. The number of ether oxygens (including phenoxy) is 2. The highest BCUT2D eigenvalue weighted by Crippen LogP contribution is 2.34. The van der Waals surface area contributed by atoms with Gasteiger partial charge in [0.15, 0.2) is 11.5 Å². The van der Waals surface area contributed by atoms with Gasteiger partial charge in [-0.25, -0.2) is 9.59 Å². The summed E-state index contributed by atoms with van der Waals surface area (Å²) in [7, 11) is 1.32. The average molecular weight is 481 g/mol. The Labute approximate surface area is 205 Å². The molecule has 0 saturated carbocycles. The Hall–Kier alpha value is -3.72. The maximum Gasteiger partial charge on any atom is 0.338 e. The fourth-order valence-electron chi connectivity index (χ4n) is 4.47. The molecule has 2 aromatic rings. The molecule has 0 aliphatic carbocycles. The summed E-state index contributed by atoms with van der Waals surface area (Å²) in [5.74, 6) is -0.247. The summed E-state index contributed by atoms with van der Waals surface area (Å²) < 4.78 is 10.6. The van der Waals surface area contributed by atoms with Crippen LogP contribution in [-0.4, -0.2) is 68.4 Å². The molecule has 9 nitrogen and oxygen atoms in total. The molecule has 4 rings (SSSR count). The maximum absolute atomic E-state index is 12.9. The molecule has 0 aromatic heterocycles. The number of carbonyl (C=O) groups is 2. The number of aryl methyl sites for hydroxylation is 1. The highest BCUT2D eigenvalue weighted by atomic mass is 16.5. The second-order valence-corrected chi connectivity index (χ2v) is 8.67. The van der Waals surface area contributed by atoms with Gasteiger partial charge in [-0.05, 0) is 43.7 Å². The van der Waals surface area contributed by atoms with Crippen molar-refractivity contribution in [3.05, 3.63) is 64.9 Å². The summed E-state index contributed by atoms with van der Waals surface area (Å²) in [6, 6.07) is 12.1. The summed E-state index contributed by atoms with van der Waals surface area (Å²) >= 11 is 0. The Kier molecular flexibility index (Phi) is 7.45. The average Bonchev–Trinajstić information content (AvgIpc) is 2.86. The summed E-state index contributed by atoms with van der Waals surface area (Å²) in [4.78, 5) is 30.0. The Morgan fingerprint density at radius 1 is 1.11 bits per heavy atom. The fraction of sp³-hybridized carbons (Fsp3) is 0.385. The molecule has 2 aliphatic rings. The minimum Gasteiger partial charge on any atom is -0.504 e. The van der Waals surface area contributed by atoms with Gasteiger partial charge in [-0.15, -0.1) is 0 Å². The number of phenolic OH excluding ortho intramolecular Hbond substituents is 1. The monoisotopic (exact) mass is 480 g/mol. The number of amides is 2. The normalized spacial score (nSPS) is 18.7. The van der Waals surface area contributed by atoms with Crippen molar-refractivity contribution in [2.75, 3.05) is 51.3 Å². The van der Waals surface area contributed by atoms with Crippen LogP contribution < -0.4 is 20.3 Å². The van der Waals surface area contributed by atoms with Gasteiger partial charge in [0.1, 0.15) is 0 Å². The topological polar surface area (TPSA) is 103 Å². The molecular formula is C26H32N4O5. The molecule has 2 heterocycles. The van der Waals surface area contributed by atoms with Gasteiger partial charge in [0.05, 0.1) is 25.3 Å². The molecule has 9 heteroatoms. The van der Waals surface area contributed by atoms with Gasteiger partial charge < -0.3 is 30.1 Å². The van der Waals surface area contributed by atoms with Crippen LogP contribution in [0, 0.1) is 6.92 Å². The van der Waals surface area contributed by atoms with E-state index in [0.29, 0.717) is 30.0 Å². The van der Waals surface area contributed by atoms with Crippen LogP contribution >= 0.6 is 0 Å². The van der Waals surface area contributed by atoms with Crippen LogP contribution in [0.4, 0.5) is 10.5 Å². The van der Waals surface area contributed by atoms with Crippen molar-refractivity contribution in [3.63, 3.8) is 0 Å². The first kappa shape index (κ1) is 24.4. The van der Waals surface area contributed by atoms with Crippen molar-refractivity contribution < 1.29 is 24.2 Å². The van der Waals surface area contributed by atoms with E-state index in [-0.39, 0.29) is 11.5 Å². The Balaban J connectivity index is 1.56. The number of nitrogens with one attached hydrogen (secondary N) is 2. The molecule has 2 aromatic carbocycles. The van der Waals surface area contributed by atoms with Crippen LogP contribution in [0.15, 0.2) is 53.7 Å². The van der Waals surface area contributed by atoms with E-state index < -0.39 is 18.0 Å². The summed E-state index contributed by atoms with van der Waals surface area (Å²) in [5, 5.41) is 15.7. The predicted molar refractivity (Wildman–Crippen MR) is 133 cm³/mol. The van der Waals surface area contributed by atoms with Gasteiger partial charge in [-0.1, -0.05) is 23.8 Å². The highest BCUT2D eigenvalue weighted by molar-refractivity contribution is 5.95. The molecule has 2 aliphatic heterocycles. The van der Waals surface area contributed by atoms with E-state index in [0.717, 1.165) is 26.2 Å². The molecule has 3 N–H and O–H groups in total. The molecule has 1 atom stereocenters. The second-order valence-electron chi connectivity index (χ2n) is 8.67. The van der Waals surface area contributed by atoms with Crippen molar-refractivity contribution >= 4 is 17.7 Å². The first-order valence-electron chi connectivity index (χ1n) is 11.8. The van der Waals surface area contributed by atoms with Crippen LogP contribution in [0.5, 0.6) is 11.5 Å².